The summed E-state index contributed by atoms with van der Waals surface area (Å²) in [5.74, 6) is 0.365. The highest BCUT2D eigenvalue weighted by molar-refractivity contribution is 5.94. The Labute approximate surface area is 83.4 Å². The largest absolute Gasteiger partial charge is 0.351 e. The maximum absolute atomic E-state index is 11.0. The van der Waals surface area contributed by atoms with Crippen molar-refractivity contribution in [3.63, 3.8) is 0 Å². The minimum atomic E-state index is -0.795. The summed E-state index contributed by atoms with van der Waals surface area (Å²) < 4.78 is 0. The van der Waals surface area contributed by atoms with E-state index in [1.165, 1.54) is 6.42 Å². The summed E-state index contributed by atoms with van der Waals surface area (Å²) in [6.45, 7) is 2.37. The highest BCUT2D eigenvalue weighted by Gasteiger charge is 2.21. The number of hydrogen-bond donors (Lipinski definition) is 3. The fraction of sp³-hybridized carbons (Fsp3) is 0.778. The Morgan fingerprint density at radius 2 is 2.14 bits per heavy atom. The zero-order chi connectivity index (χ0) is 10.6. The molecule has 0 aliphatic heterocycles. The van der Waals surface area contributed by atoms with Gasteiger partial charge in [-0.3, -0.25) is 10.1 Å². The molecule has 2 unspecified atom stereocenters. The van der Waals surface area contributed by atoms with Crippen molar-refractivity contribution < 1.29 is 9.59 Å². The van der Waals surface area contributed by atoms with Gasteiger partial charge in [0.2, 0.25) is 5.91 Å². The topological polar surface area (TPSA) is 84.2 Å². The molecule has 1 fully saturated rings. The predicted molar refractivity (Wildman–Crippen MR) is 52.5 cm³/mol. The second-order valence-electron chi connectivity index (χ2n) is 3.91. The molecular weight excluding hydrogens is 182 g/mol. The van der Waals surface area contributed by atoms with Crippen LogP contribution in [0.3, 0.4) is 0 Å². The summed E-state index contributed by atoms with van der Waals surface area (Å²) in [6, 6.07) is -0.389. The van der Waals surface area contributed by atoms with Gasteiger partial charge in [0, 0.05) is 6.04 Å². The molecule has 0 aromatic carbocycles. The van der Waals surface area contributed by atoms with E-state index in [-0.39, 0.29) is 12.5 Å². The van der Waals surface area contributed by atoms with E-state index in [1.807, 2.05) is 5.32 Å². The average molecular weight is 199 g/mol. The van der Waals surface area contributed by atoms with Crippen molar-refractivity contribution in [2.75, 3.05) is 6.54 Å². The van der Waals surface area contributed by atoms with Gasteiger partial charge in [0.1, 0.15) is 0 Å². The van der Waals surface area contributed by atoms with E-state index in [0.717, 1.165) is 18.8 Å². The van der Waals surface area contributed by atoms with E-state index in [2.05, 4.69) is 12.2 Å². The summed E-state index contributed by atoms with van der Waals surface area (Å²) in [6.07, 6.45) is 3.41. The van der Waals surface area contributed by atoms with Gasteiger partial charge in [-0.15, -0.1) is 0 Å². The molecule has 0 bridgehead atoms. The lowest BCUT2D eigenvalue weighted by Gasteiger charge is -2.11. The molecule has 1 rings (SSSR count). The molecule has 1 aliphatic rings. The zero-order valence-corrected chi connectivity index (χ0v) is 8.38. The van der Waals surface area contributed by atoms with E-state index >= 15 is 0 Å². The second-order valence-corrected chi connectivity index (χ2v) is 3.91. The standard InChI is InChI=1S/C9H17N3O2/c1-6-2-3-7(4-6)11-5-8(13)12-9(10)14/h6-7,11H,2-5H2,1H3,(H3,10,12,13,14). The number of hydrogen-bond acceptors (Lipinski definition) is 3. The summed E-state index contributed by atoms with van der Waals surface area (Å²) in [5.41, 5.74) is 4.80. The van der Waals surface area contributed by atoms with Gasteiger partial charge < -0.3 is 11.1 Å². The SMILES string of the molecule is CC1CCC(NCC(=O)NC(N)=O)C1. The van der Waals surface area contributed by atoms with Crippen molar-refractivity contribution in [3.05, 3.63) is 0 Å². The van der Waals surface area contributed by atoms with Crippen LogP contribution in [0, 0.1) is 5.92 Å². The molecule has 0 heterocycles. The van der Waals surface area contributed by atoms with Gasteiger partial charge in [-0.05, 0) is 25.2 Å². The van der Waals surface area contributed by atoms with Crippen LogP contribution in [0.4, 0.5) is 4.79 Å². The van der Waals surface area contributed by atoms with Gasteiger partial charge in [-0.25, -0.2) is 4.79 Å². The van der Waals surface area contributed by atoms with Gasteiger partial charge in [-0.2, -0.15) is 0 Å². The number of nitrogens with one attached hydrogen (secondary N) is 2. The first-order valence-electron chi connectivity index (χ1n) is 4.90. The van der Waals surface area contributed by atoms with Crippen LogP contribution in [0.25, 0.3) is 0 Å². The van der Waals surface area contributed by atoms with Crippen LogP contribution >= 0.6 is 0 Å². The lowest BCUT2D eigenvalue weighted by Crippen LogP contribution is -2.42. The maximum Gasteiger partial charge on any atom is 0.318 e. The third-order valence-corrected chi connectivity index (χ3v) is 2.51. The molecule has 4 N–H and O–H groups in total. The normalized spacial score (nSPS) is 26.1. The van der Waals surface area contributed by atoms with Crippen molar-refractivity contribution in [1.82, 2.24) is 10.6 Å². The Balaban J connectivity index is 2.14. The average Bonchev–Trinajstić information content (AvgIpc) is 2.47. The van der Waals surface area contributed by atoms with Gasteiger partial charge in [0.15, 0.2) is 0 Å². The van der Waals surface area contributed by atoms with Crippen LogP contribution in [0.15, 0.2) is 0 Å². The van der Waals surface area contributed by atoms with E-state index in [1.54, 1.807) is 0 Å². The van der Waals surface area contributed by atoms with Crippen LogP contribution in [0.2, 0.25) is 0 Å². The predicted octanol–water partition coefficient (Wildman–Crippen LogP) is -0.0405. The zero-order valence-electron chi connectivity index (χ0n) is 8.38. The lowest BCUT2D eigenvalue weighted by atomic mass is 10.1. The van der Waals surface area contributed by atoms with Gasteiger partial charge in [0.05, 0.1) is 6.54 Å². The Morgan fingerprint density at radius 3 is 2.64 bits per heavy atom. The number of rotatable bonds is 3. The van der Waals surface area contributed by atoms with Crippen LogP contribution in [-0.2, 0) is 4.79 Å². The fourth-order valence-corrected chi connectivity index (χ4v) is 1.81. The summed E-state index contributed by atoms with van der Waals surface area (Å²) in [4.78, 5) is 21.3. The number of imide groups is 1. The minimum Gasteiger partial charge on any atom is -0.351 e. The molecule has 0 radical (unpaired) electrons. The monoisotopic (exact) mass is 199 g/mol. The highest BCUT2D eigenvalue weighted by Crippen LogP contribution is 2.24. The quantitative estimate of drug-likeness (QED) is 0.596. The Kier molecular flexibility index (Phi) is 3.88. The van der Waals surface area contributed by atoms with Crippen LogP contribution in [0.5, 0.6) is 0 Å². The lowest BCUT2D eigenvalue weighted by molar-refractivity contribution is -0.119. The molecule has 0 saturated heterocycles. The summed E-state index contributed by atoms with van der Waals surface area (Å²) >= 11 is 0. The molecule has 1 aliphatic carbocycles. The third-order valence-electron chi connectivity index (χ3n) is 2.51. The maximum atomic E-state index is 11.0. The molecule has 3 amide bonds. The van der Waals surface area contributed by atoms with E-state index in [0.29, 0.717) is 6.04 Å². The molecular formula is C9H17N3O2. The van der Waals surface area contributed by atoms with Crippen LogP contribution < -0.4 is 16.4 Å². The number of carbonyl (C=O) groups is 2. The molecule has 0 spiro atoms. The number of carbonyl (C=O) groups excluding carboxylic acids is 2. The van der Waals surface area contributed by atoms with Crippen LogP contribution in [0.1, 0.15) is 26.2 Å². The molecule has 14 heavy (non-hydrogen) atoms. The molecule has 1 saturated carbocycles. The first-order valence-corrected chi connectivity index (χ1v) is 4.90. The van der Waals surface area contributed by atoms with Gasteiger partial charge in [-0.1, -0.05) is 6.92 Å². The van der Waals surface area contributed by atoms with Crippen molar-refractivity contribution in [2.45, 2.75) is 32.2 Å². The Bertz CT molecular complexity index is 230. The molecule has 80 valence electrons. The summed E-state index contributed by atoms with van der Waals surface area (Å²) in [5, 5.41) is 5.11. The third kappa shape index (κ3) is 3.74. The smallest absolute Gasteiger partial charge is 0.318 e. The first-order chi connectivity index (χ1) is 6.58. The number of urea groups is 1. The molecule has 0 aromatic rings. The fourth-order valence-electron chi connectivity index (χ4n) is 1.81. The van der Waals surface area contributed by atoms with Gasteiger partial charge in [0.25, 0.3) is 0 Å². The number of amides is 3. The van der Waals surface area contributed by atoms with Crippen molar-refractivity contribution >= 4 is 11.9 Å². The van der Waals surface area contributed by atoms with Crippen molar-refractivity contribution in [3.8, 4) is 0 Å². The van der Waals surface area contributed by atoms with Gasteiger partial charge >= 0.3 is 6.03 Å². The van der Waals surface area contributed by atoms with E-state index in [4.69, 9.17) is 5.73 Å². The summed E-state index contributed by atoms with van der Waals surface area (Å²) in [7, 11) is 0. The van der Waals surface area contributed by atoms with Crippen molar-refractivity contribution in [1.29, 1.82) is 0 Å². The molecule has 5 heteroatoms. The molecule has 0 aromatic heterocycles. The Hall–Kier alpha value is -1.10. The Morgan fingerprint density at radius 1 is 1.43 bits per heavy atom. The van der Waals surface area contributed by atoms with E-state index in [9.17, 15) is 9.59 Å². The second kappa shape index (κ2) is 4.95. The van der Waals surface area contributed by atoms with Crippen LogP contribution in [-0.4, -0.2) is 24.5 Å². The van der Waals surface area contributed by atoms with Crippen molar-refractivity contribution in [2.24, 2.45) is 11.7 Å². The minimum absolute atomic E-state index is 0.167. The highest BCUT2D eigenvalue weighted by atomic mass is 16.2. The number of nitrogens with two attached hydrogens (primary N) is 1. The number of primary amides is 1. The van der Waals surface area contributed by atoms with E-state index < -0.39 is 6.03 Å². The first kappa shape index (κ1) is 11.0. The molecule has 5 nitrogen and oxygen atoms in total. The molecule has 2 atom stereocenters.